The van der Waals surface area contributed by atoms with Crippen molar-refractivity contribution >= 4 is 5.91 Å². The first kappa shape index (κ1) is 11.5. The highest BCUT2D eigenvalue weighted by atomic mass is 16.5. The number of nitrogens with one attached hydrogen (secondary N) is 1. The van der Waals surface area contributed by atoms with Crippen molar-refractivity contribution < 1.29 is 9.53 Å². The van der Waals surface area contributed by atoms with Gasteiger partial charge in [-0.25, -0.2) is 5.01 Å². The van der Waals surface area contributed by atoms with Crippen molar-refractivity contribution in [2.75, 3.05) is 20.7 Å². The van der Waals surface area contributed by atoms with Gasteiger partial charge in [0, 0.05) is 19.7 Å². The Morgan fingerprint density at radius 3 is 2.40 bits per heavy atom. The number of hydrogen-bond donors (Lipinski definition) is 1. The predicted octanol–water partition coefficient (Wildman–Crippen LogP) is 1.29. The zero-order valence-corrected chi connectivity index (χ0v) is 9.28. The molecule has 4 nitrogen and oxygen atoms in total. The lowest BCUT2D eigenvalue weighted by Gasteiger charge is -2.11. The SMILES string of the molecule is CCOc1ccc(C(=O)NN(C)C)cc1. The van der Waals surface area contributed by atoms with Crippen molar-refractivity contribution in [3.05, 3.63) is 29.8 Å². The van der Waals surface area contributed by atoms with Gasteiger partial charge in [-0.15, -0.1) is 0 Å². The molecule has 0 aliphatic rings. The summed E-state index contributed by atoms with van der Waals surface area (Å²) in [6, 6.07) is 7.05. The average Bonchev–Trinajstić information content (AvgIpc) is 2.18. The fraction of sp³-hybridized carbons (Fsp3) is 0.364. The number of rotatable bonds is 4. The molecular formula is C11H16N2O2. The highest BCUT2D eigenvalue weighted by Crippen LogP contribution is 2.11. The quantitative estimate of drug-likeness (QED) is 0.758. The highest BCUT2D eigenvalue weighted by Gasteiger charge is 2.05. The molecule has 0 saturated heterocycles. The van der Waals surface area contributed by atoms with Gasteiger partial charge in [0.15, 0.2) is 0 Å². The molecule has 82 valence electrons. The van der Waals surface area contributed by atoms with Crippen molar-refractivity contribution in [1.82, 2.24) is 10.4 Å². The van der Waals surface area contributed by atoms with Crippen molar-refractivity contribution in [2.45, 2.75) is 6.92 Å². The molecule has 4 heteroatoms. The number of nitrogens with zero attached hydrogens (tertiary/aromatic N) is 1. The Morgan fingerprint density at radius 2 is 1.93 bits per heavy atom. The lowest BCUT2D eigenvalue weighted by atomic mass is 10.2. The second-order valence-electron chi connectivity index (χ2n) is 3.29. The van der Waals surface area contributed by atoms with Gasteiger partial charge in [-0.3, -0.25) is 10.2 Å². The summed E-state index contributed by atoms with van der Waals surface area (Å²) in [5.74, 6) is 0.655. The number of carbonyl (C=O) groups excluding carboxylic acids is 1. The van der Waals surface area contributed by atoms with Gasteiger partial charge >= 0.3 is 0 Å². The first-order valence-corrected chi connectivity index (χ1v) is 4.84. The molecule has 0 saturated carbocycles. The molecule has 1 rings (SSSR count). The summed E-state index contributed by atoms with van der Waals surface area (Å²) >= 11 is 0. The normalized spacial score (nSPS) is 10.1. The molecule has 0 bridgehead atoms. The van der Waals surface area contributed by atoms with Crippen LogP contribution in [0.25, 0.3) is 0 Å². The zero-order valence-electron chi connectivity index (χ0n) is 9.28. The third-order valence-corrected chi connectivity index (χ3v) is 1.75. The minimum absolute atomic E-state index is 0.122. The van der Waals surface area contributed by atoms with E-state index in [-0.39, 0.29) is 5.91 Å². The number of ether oxygens (including phenoxy) is 1. The van der Waals surface area contributed by atoms with Crippen molar-refractivity contribution in [1.29, 1.82) is 0 Å². The Morgan fingerprint density at radius 1 is 1.33 bits per heavy atom. The largest absolute Gasteiger partial charge is 0.494 e. The molecule has 15 heavy (non-hydrogen) atoms. The Kier molecular flexibility index (Phi) is 4.12. The lowest BCUT2D eigenvalue weighted by molar-refractivity contribution is 0.0857. The van der Waals surface area contributed by atoms with Crippen LogP contribution in [0.4, 0.5) is 0 Å². The summed E-state index contributed by atoms with van der Waals surface area (Å²) in [5.41, 5.74) is 3.28. The fourth-order valence-corrected chi connectivity index (χ4v) is 1.14. The molecule has 1 aromatic rings. The molecule has 0 aliphatic carbocycles. The molecule has 0 radical (unpaired) electrons. The average molecular weight is 208 g/mol. The second kappa shape index (κ2) is 5.36. The van der Waals surface area contributed by atoms with E-state index < -0.39 is 0 Å². The van der Waals surface area contributed by atoms with Crippen LogP contribution >= 0.6 is 0 Å². The van der Waals surface area contributed by atoms with Crippen molar-refractivity contribution in [3.63, 3.8) is 0 Å². The van der Waals surface area contributed by atoms with Crippen LogP contribution in [0.3, 0.4) is 0 Å². The van der Waals surface area contributed by atoms with Crippen LogP contribution in [0, 0.1) is 0 Å². The number of benzene rings is 1. The Balaban J connectivity index is 2.67. The first-order chi connectivity index (χ1) is 7.13. The van der Waals surface area contributed by atoms with Crippen LogP contribution in [0.15, 0.2) is 24.3 Å². The van der Waals surface area contributed by atoms with Crippen LogP contribution in [0.1, 0.15) is 17.3 Å². The van der Waals surface area contributed by atoms with Gasteiger partial charge in [0.25, 0.3) is 5.91 Å². The summed E-state index contributed by atoms with van der Waals surface area (Å²) < 4.78 is 5.28. The van der Waals surface area contributed by atoms with Gasteiger partial charge in [-0.1, -0.05) is 0 Å². The van der Waals surface area contributed by atoms with Gasteiger partial charge < -0.3 is 4.74 Å². The summed E-state index contributed by atoms with van der Waals surface area (Å²) in [6.45, 7) is 2.55. The van der Waals surface area contributed by atoms with Crippen LogP contribution < -0.4 is 10.2 Å². The Bertz CT molecular complexity index is 320. The van der Waals surface area contributed by atoms with Crippen molar-refractivity contribution in [2.24, 2.45) is 0 Å². The molecule has 0 spiro atoms. The summed E-state index contributed by atoms with van der Waals surface area (Å²) in [7, 11) is 3.54. The van der Waals surface area contributed by atoms with E-state index in [9.17, 15) is 4.79 Å². The van der Waals surface area contributed by atoms with E-state index in [4.69, 9.17) is 4.74 Å². The third-order valence-electron chi connectivity index (χ3n) is 1.75. The monoisotopic (exact) mass is 208 g/mol. The van der Waals surface area contributed by atoms with Gasteiger partial charge in [0.1, 0.15) is 5.75 Å². The molecule has 1 aromatic carbocycles. The molecule has 0 aliphatic heterocycles. The number of hydrogen-bond acceptors (Lipinski definition) is 3. The maximum absolute atomic E-state index is 11.5. The Labute approximate surface area is 89.8 Å². The van der Waals surface area contributed by atoms with E-state index in [2.05, 4.69) is 5.43 Å². The lowest BCUT2D eigenvalue weighted by Crippen LogP contribution is -2.36. The number of amides is 1. The van der Waals surface area contributed by atoms with Gasteiger partial charge in [-0.2, -0.15) is 0 Å². The van der Waals surface area contributed by atoms with Crippen LogP contribution in [-0.2, 0) is 0 Å². The molecule has 0 heterocycles. The Hall–Kier alpha value is -1.55. The highest BCUT2D eigenvalue weighted by molar-refractivity contribution is 5.93. The van der Waals surface area contributed by atoms with E-state index in [1.807, 2.05) is 6.92 Å². The molecule has 0 unspecified atom stereocenters. The molecule has 1 N–H and O–H groups in total. The van der Waals surface area contributed by atoms with Crippen LogP contribution in [0.2, 0.25) is 0 Å². The first-order valence-electron chi connectivity index (χ1n) is 4.84. The third kappa shape index (κ3) is 3.59. The minimum atomic E-state index is -0.122. The second-order valence-corrected chi connectivity index (χ2v) is 3.29. The van der Waals surface area contributed by atoms with Crippen LogP contribution in [-0.4, -0.2) is 31.6 Å². The maximum Gasteiger partial charge on any atom is 0.265 e. The van der Waals surface area contributed by atoms with Gasteiger partial charge in [0.05, 0.1) is 6.61 Å². The molecular weight excluding hydrogens is 192 g/mol. The van der Waals surface area contributed by atoms with Crippen molar-refractivity contribution in [3.8, 4) is 5.75 Å². The number of hydrazine groups is 1. The van der Waals surface area contributed by atoms with E-state index in [1.165, 1.54) is 0 Å². The van der Waals surface area contributed by atoms with Gasteiger partial charge in [0.2, 0.25) is 0 Å². The number of carbonyl (C=O) groups is 1. The topological polar surface area (TPSA) is 41.6 Å². The van der Waals surface area contributed by atoms with Crippen LogP contribution in [0.5, 0.6) is 5.75 Å². The fourth-order valence-electron chi connectivity index (χ4n) is 1.14. The molecule has 0 atom stereocenters. The minimum Gasteiger partial charge on any atom is -0.494 e. The molecule has 0 fully saturated rings. The smallest absolute Gasteiger partial charge is 0.265 e. The van der Waals surface area contributed by atoms with E-state index in [0.29, 0.717) is 12.2 Å². The van der Waals surface area contributed by atoms with E-state index >= 15 is 0 Å². The predicted molar refractivity (Wildman–Crippen MR) is 58.8 cm³/mol. The van der Waals surface area contributed by atoms with E-state index in [1.54, 1.807) is 43.4 Å². The molecule has 0 aromatic heterocycles. The van der Waals surface area contributed by atoms with E-state index in [0.717, 1.165) is 5.75 Å². The summed E-state index contributed by atoms with van der Waals surface area (Å²) in [6.07, 6.45) is 0. The summed E-state index contributed by atoms with van der Waals surface area (Å²) in [5, 5.41) is 1.61. The standard InChI is InChI=1S/C11H16N2O2/c1-4-15-10-7-5-9(6-8-10)11(14)12-13(2)3/h5-8H,4H2,1-3H3,(H,12,14). The molecule has 1 amide bonds. The zero-order chi connectivity index (χ0) is 11.3. The van der Waals surface area contributed by atoms with Gasteiger partial charge in [-0.05, 0) is 31.2 Å². The maximum atomic E-state index is 11.5. The summed E-state index contributed by atoms with van der Waals surface area (Å²) in [4.78, 5) is 11.5.